The van der Waals surface area contributed by atoms with Crippen LogP contribution in [-0.4, -0.2) is 14.7 Å². The van der Waals surface area contributed by atoms with Gasteiger partial charge in [-0.25, -0.2) is 4.98 Å². The second-order valence-corrected chi connectivity index (χ2v) is 6.29. The average molecular weight is 410 g/mol. The zero-order valence-electron chi connectivity index (χ0n) is 14.4. The quantitative estimate of drug-likeness (QED) is 0.665. The predicted octanol–water partition coefficient (Wildman–Crippen LogP) is 3.80. The van der Waals surface area contributed by atoms with Crippen LogP contribution < -0.4 is 9.30 Å². The molecular weight excluding hydrogens is 397 g/mol. The Morgan fingerprint density at radius 3 is 2.71 bits per heavy atom. The molecule has 0 aliphatic carbocycles. The van der Waals surface area contributed by atoms with Gasteiger partial charge >= 0.3 is 12.1 Å². The third-order valence-electron chi connectivity index (χ3n) is 3.90. The summed E-state index contributed by atoms with van der Waals surface area (Å²) in [7, 11) is 1.72. The van der Waals surface area contributed by atoms with Crippen LogP contribution in [0.5, 0.6) is 17.4 Å². The van der Waals surface area contributed by atoms with Gasteiger partial charge in [0.05, 0.1) is 11.6 Å². The molecule has 3 rings (SSSR count). The van der Waals surface area contributed by atoms with Gasteiger partial charge < -0.3 is 14.4 Å². The van der Waals surface area contributed by atoms with Gasteiger partial charge in [-0.1, -0.05) is 11.6 Å². The summed E-state index contributed by atoms with van der Waals surface area (Å²) in [5.74, 6) is -1.13. The molecule has 0 radical (unpaired) electrons. The van der Waals surface area contributed by atoms with Gasteiger partial charge in [0.25, 0.3) is 5.75 Å². The molecule has 28 heavy (non-hydrogen) atoms. The Hall–Kier alpha value is -3.25. The normalized spacial score (nSPS) is 11.3. The Labute approximate surface area is 162 Å². The lowest BCUT2D eigenvalue weighted by atomic mass is 10.2. The monoisotopic (exact) mass is 409 g/mol. The second kappa shape index (κ2) is 7.40. The van der Waals surface area contributed by atoms with Gasteiger partial charge in [0.1, 0.15) is 11.3 Å². The SMILES string of the molecule is Cn1ccnc1C[n+]1ccc(C(F)(F)F)c(Oc2cc(Cl)cc(C#N)c2)c1O. The van der Waals surface area contributed by atoms with Crippen LogP contribution in [0.4, 0.5) is 13.2 Å². The molecule has 0 bridgehead atoms. The first-order chi connectivity index (χ1) is 13.2. The van der Waals surface area contributed by atoms with Crippen LogP contribution in [0.2, 0.25) is 5.02 Å². The van der Waals surface area contributed by atoms with Crippen molar-refractivity contribution in [3.63, 3.8) is 0 Å². The lowest BCUT2D eigenvalue weighted by Gasteiger charge is -2.14. The fraction of sp³-hybridized carbons (Fsp3) is 0.167. The summed E-state index contributed by atoms with van der Waals surface area (Å²) in [6.45, 7) is 0.0167. The first-order valence-corrected chi connectivity index (χ1v) is 8.24. The van der Waals surface area contributed by atoms with Gasteiger partial charge in [-0.3, -0.25) is 0 Å². The van der Waals surface area contributed by atoms with E-state index in [9.17, 15) is 18.3 Å². The molecule has 6 nitrogen and oxygen atoms in total. The summed E-state index contributed by atoms with van der Waals surface area (Å²) in [4.78, 5) is 4.09. The minimum Gasteiger partial charge on any atom is -0.457 e. The smallest absolute Gasteiger partial charge is 0.420 e. The van der Waals surface area contributed by atoms with Gasteiger partial charge in [0, 0.05) is 30.5 Å². The number of ether oxygens (including phenoxy) is 1. The number of aryl methyl sites for hydroxylation is 1. The average Bonchev–Trinajstić information content (AvgIpc) is 3.01. The molecule has 0 saturated heterocycles. The molecule has 144 valence electrons. The third kappa shape index (κ3) is 4.02. The molecule has 0 spiro atoms. The van der Waals surface area contributed by atoms with Crippen molar-refractivity contribution in [1.82, 2.24) is 9.55 Å². The van der Waals surface area contributed by atoms with Crippen LogP contribution in [0.1, 0.15) is 17.0 Å². The summed E-state index contributed by atoms with van der Waals surface area (Å²) < 4.78 is 48.5. The Bertz CT molecular complexity index is 1070. The van der Waals surface area contributed by atoms with Gasteiger partial charge in [0.15, 0.2) is 12.0 Å². The number of benzene rings is 1. The molecule has 0 atom stereocenters. The molecule has 0 amide bonds. The molecule has 0 saturated carbocycles. The van der Waals surface area contributed by atoms with Crippen LogP contribution in [0.3, 0.4) is 0 Å². The van der Waals surface area contributed by atoms with Crippen molar-refractivity contribution in [1.29, 1.82) is 5.26 Å². The van der Waals surface area contributed by atoms with E-state index < -0.39 is 23.4 Å². The summed E-state index contributed by atoms with van der Waals surface area (Å²) in [5.41, 5.74) is -1.06. The number of imidazole rings is 1. The van der Waals surface area contributed by atoms with Crippen molar-refractivity contribution >= 4 is 11.6 Å². The van der Waals surface area contributed by atoms with E-state index in [0.29, 0.717) is 5.82 Å². The predicted molar refractivity (Wildman–Crippen MR) is 91.9 cm³/mol. The van der Waals surface area contributed by atoms with Crippen LogP contribution in [-0.2, 0) is 19.8 Å². The van der Waals surface area contributed by atoms with Crippen LogP contribution in [0.25, 0.3) is 0 Å². The van der Waals surface area contributed by atoms with E-state index in [1.54, 1.807) is 17.8 Å². The number of aromatic nitrogens is 3. The second-order valence-electron chi connectivity index (χ2n) is 5.85. The molecule has 1 N–H and O–H groups in total. The van der Waals surface area contributed by atoms with Gasteiger partial charge in [-0.05, 0) is 18.2 Å². The molecule has 10 heteroatoms. The van der Waals surface area contributed by atoms with Crippen molar-refractivity contribution in [3.05, 3.63) is 64.8 Å². The van der Waals surface area contributed by atoms with Gasteiger partial charge in [-0.2, -0.15) is 23.0 Å². The van der Waals surface area contributed by atoms with E-state index in [2.05, 4.69) is 4.98 Å². The summed E-state index contributed by atoms with van der Waals surface area (Å²) >= 11 is 5.88. The Morgan fingerprint density at radius 1 is 1.36 bits per heavy atom. The highest BCUT2D eigenvalue weighted by Crippen LogP contribution is 2.42. The molecular formula is C18H13ClF3N4O2+. The van der Waals surface area contributed by atoms with Crippen LogP contribution in [0.15, 0.2) is 42.9 Å². The fourth-order valence-corrected chi connectivity index (χ4v) is 2.74. The molecule has 0 aliphatic rings. The minimum atomic E-state index is -4.77. The number of alkyl halides is 3. The fourth-order valence-electron chi connectivity index (χ4n) is 2.52. The zero-order chi connectivity index (χ0) is 20.5. The van der Waals surface area contributed by atoms with Crippen molar-refractivity contribution in [2.24, 2.45) is 7.05 Å². The van der Waals surface area contributed by atoms with E-state index in [1.807, 2.05) is 6.07 Å². The number of aromatic hydroxyl groups is 1. The third-order valence-corrected chi connectivity index (χ3v) is 4.12. The van der Waals surface area contributed by atoms with Crippen molar-refractivity contribution in [2.45, 2.75) is 12.7 Å². The number of hydrogen-bond acceptors (Lipinski definition) is 4. The van der Waals surface area contributed by atoms with E-state index in [0.717, 1.165) is 12.3 Å². The van der Waals surface area contributed by atoms with Crippen LogP contribution in [0, 0.1) is 11.3 Å². The standard InChI is InChI=1S/C18H12ClF3N4O2/c1-25-5-3-24-15(25)10-26-4-2-14(18(20,21)22)16(17(26)27)28-13-7-11(9-23)6-12(19)8-13/h2-8H,10H2,1H3/p+1. The number of rotatable bonds is 4. The minimum absolute atomic E-state index is 0.0167. The van der Waals surface area contributed by atoms with Crippen molar-refractivity contribution in [3.8, 4) is 23.4 Å². The van der Waals surface area contributed by atoms with Gasteiger partial charge in [0.2, 0.25) is 6.54 Å². The summed E-state index contributed by atoms with van der Waals surface area (Å²) in [6.07, 6.45) is -0.474. The number of halogens is 4. The first kappa shape index (κ1) is 19.5. The Balaban J connectivity index is 2.09. The van der Waals surface area contributed by atoms with Crippen molar-refractivity contribution in [2.75, 3.05) is 0 Å². The maximum Gasteiger partial charge on any atom is 0.420 e. The van der Waals surface area contributed by atoms with Crippen LogP contribution >= 0.6 is 11.6 Å². The molecule has 1 aromatic carbocycles. The van der Waals surface area contributed by atoms with E-state index >= 15 is 0 Å². The summed E-state index contributed by atoms with van der Waals surface area (Å²) in [5, 5.41) is 19.6. The zero-order valence-corrected chi connectivity index (χ0v) is 15.2. The maximum absolute atomic E-state index is 13.4. The number of hydrogen-bond donors (Lipinski definition) is 1. The number of nitriles is 1. The molecule has 2 heterocycles. The highest BCUT2D eigenvalue weighted by molar-refractivity contribution is 6.30. The number of nitrogens with zero attached hydrogens (tertiary/aromatic N) is 4. The molecule has 0 aliphatic heterocycles. The van der Waals surface area contributed by atoms with E-state index in [4.69, 9.17) is 21.6 Å². The molecule has 0 unspecified atom stereocenters. The largest absolute Gasteiger partial charge is 0.457 e. The molecule has 2 aromatic heterocycles. The highest BCUT2D eigenvalue weighted by atomic mass is 35.5. The lowest BCUT2D eigenvalue weighted by molar-refractivity contribution is -0.695. The molecule has 0 fully saturated rings. The van der Waals surface area contributed by atoms with E-state index in [-0.39, 0.29) is 22.9 Å². The molecule has 3 aromatic rings. The Morgan fingerprint density at radius 2 is 2.11 bits per heavy atom. The maximum atomic E-state index is 13.4. The topological polar surface area (TPSA) is 75.0 Å². The van der Waals surface area contributed by atoms with E-state index in [1.165, 1.54) is 29.0 Å². The summed E-state index contributed by atoms with van der Waals surface area (Å²) in [6, 6.07) is 6.45. The first-order valence-electron chi connectivity index (χ1n) is 7.86. The van der Waals surface area contributed by atoms with Crippen molar-refractivity contribution < 1.29 is 27.6 Å². The number of pyridine rings is 1. The lowest BCUT2D eigenvalue weighted by Crippen LogP contribution is -2.36. The Kier molecular flexibility index (Phi) is 5.16. The highest BCUT2D eigenvalue weighted by Gasteiger charge is 2.39. The van der Waals surface area contributed by atoms with Gasteiger partial charge in [-0.15, -0.1) is 0 Å².